The van der Waals surface area contributed by atoms with Gasteiger partial charge in [0.25, 0.3) is 0 Å². The Morgan fingerprint density at radius 2 is 2.00 bits per heavy atom. The highest BCUT2D eigenvalue weighted by atomic mass is 16.3. The lowest BCUT2D eigenvalue weighted by atomic mass is 10.1. The van der Waals surface area contributed by atoms with Crippen molar-refractivity contribution in [3.05, 3.63) is 66.1 Å². The molecular weight excluding hydrogens is 254 g/mol. The molecular formula is C14H11N5O. The summed E-state index contributed by atoms with van der Waals surface area (Å²) in [6, 6.07) is 13.7. The van der Waals surface area contributed by atoms with E-state index >= 15 is 0 Å². The number of tetrazole rings is 1. The second kappa shape index (κ2) is 4.34. The minimum atomic E-state index is -0.147. The summed E-state index contributed by atoms with van der Waals surface area (Å²) in [7, 11) is 0. The Balaban J connectivity index is 1.83. The molecule has 0 saturated heterocycles. The first kappa shape index (κ1) is 11.0. The van der Waals surface area contributed by atoms with E-state index < -0.39 is 0 Å². The Hall–Kier alpha value is -2.89. The first-order valence-electron chi connectivity index (χ1n) is 6.27. The largest absolute Gasteiger partial charge is 0.467 e. The van der Waals surface area contributed by atoms with Gasteiger partial charge >= 0.3 is 0 Å². The summed E-state index contributed by atoms with van der Waals surface area (Å²) in [5, 5.41) is 15.0. The molecule has 0 bridgehead atoms. The minimum absolute atomic E-state index is 0.147. The van der Waals surface area contributed by atoms with Crippen LogP contribution in [0.2, 0.25) is 0 Å². The third-order valence-electron chi connectivity index (χ3n) is 3.25. The van der Waals surface area contributed by atoms with E-state index in [1.807, 2.05) is 42.5 Å². The fourth-order valence-corrected chi connectivity index (χ4v) is 2.30. The Morgan fingerprint density at radius 1 is 1.10 bits per heavy atom. The number of hydrogen-bond acceptors (Lipinski definition) is 5. The zero-order valence-electron chi connectivity index (χ0n) is 10.5. The second-order valence-corrected chi connectivity index (χ2v) is 4.48. The van der Waals surface area contributed by atoms with Crippen molar-refractivity contribution in [2.75, 3.05) is 5.32 Å². The van der Waals surface area contributed by atoms with Crippen LogP contribution in [0.5, 0.6) is 0 Å². The third-order valence-corrected chi connectivity index (χ3v) is 3.25. The van der Waals surface area contributed by atoms with Crippen LogP contribution in [0, 0.1) is 0 Å². The lowest BCUT2D eigenvalue weighted by Gasteiger charge is -2.21. The van der Waals surface area contributed by atoms with Gasteiger partial charge in [-0.05, 0) is 34.2 Å². The number of fused-ring (bicyclic) bond motifs is 1. The molecule has 0 fully saturated rings. The average molecular weight is 265 g/mol. The van der Waals surface area contributed by atoms with Crippen molar-refractivity contribution in [3.63, 3.8) is 0 Å². The maximum Gasteiger partial charge on any atom is 0.248 e. The van der Waals surface area contributed by atoms with Crippen LogP contribution >= 0.6 is 0 Å². The number of nitrogens with zero attached hydrogens (tertiary/aromatic N) is 4. The van der Waals surface area contributed by atoms with Gasteiger partial charge in [-0.3, -0.25) is 0 Å². The van der Waals surface area contributed by atoms with E-state index in [0.717, 1.165) is 17.0 Å². The zero-order chi connectivity index (χ0) is 13.4. The molecule has 1 aliphatic rings. The van der Waals surface area contributed by atoms with E-state index in [9.17, 15) is 0 Å². The van der Waals surface area contributed by atoms with E-state index in [0.29, 0.717) is 5.95 Å². The van der Waals surface area contributed by atoms with Gasteiger partial charge in [0.2, 0.25) is 5.95 Å². The summed E-state index contributed by atoms with van der Waals surface area (Å²) in [6.45, 7) is 0. The lowest BCUT2D eigenvalue weighted by molar-refractivity contribution is 0.443. The molecule has 2 aromatic heterocycles. The molecule has 1 atom stereocenters. The monoisotopic (exact) mass is 265 g/mol. The Morgan fingerprint density at radius 3 is 2.80 bits per heavy atom. The highest BCUT2D eigenvalue weighted by Gasteiger charge is 2.25. The van der Waals surface area contributed by atoms with Crippen LogP contribution in [0.25, 0.3) is 5.70 Å². The molecule has 1 aromatic carbocycles. The zero-order valence-corrected chi connectivity index (χ0v) is 10.5. The normalized spacial score (nSPS) is 17.2. The summed E-state index contributed by atoms with van der Waals surface area (Å²) in [5.41, 5.74) is 2.05. The number of aromatic nitrogens is 4. The van der Waals surface area contributed by atoms with E-state index in [-0.39, 0.29) is 6.04 Å². The standard InChI is InChI=1S/C14H11N5O/c1-2-5-10(6-3-1)11-9-12(13-7-4-8-20-13)19-14(15-11)16-17-18-19/h1-9,12H,(H,15,16,18). The summed E-state index contributed by atoms with van der Waals surface area (Å²) in [4.78, 5) is 0. The van der Waals surface area contributed by atoms with Gasteiger partial charge in [0.1, 0.15) is 11.8 Å². The molecule has 0 aliphatic carbocycles. The van der Waals surface area contributed by atoms with Gasteiger partial charge in [0, 0.05) is 5.70 Å². The lowest BCUT2D eigenvalue weighted by Crippen LogP contribution is -2.19. The van der Waals surface area contributed by atoms with Crippen LogP contribution < -0.4 is 5.32 Å². The molecule has 98 valence electrons. The maximum absolute atomic E-state index is 5.49. The van der Waals surface area contributed by atoms with E-state index in [1.54, 1.807) is 10.9 Å². The molecule has 20 heavy (non-hydrogen) atoms. The van der Waals surface area contributed by atoms with Crippen LogP contribution in [0.1, 0.15) is 17.4 Å². The fraction of sp³-hybridized carbons (Fsp3) is 0.0714. The molecule has 1 N–H and O–H groups in total. The van der Waals surface area contributed by atoms with Crippen LogP contribution in [0.4, 0.5) is 5.95 Å². The molecule has 6 heteroatoms. The predicted octanol–water partition coefficient (Wildman–Crippen LogP) is 2.32. The van der Waals surface area contributed by atoms with Gasteiger partial charge in [-0.15, -0.1) is 0 Å². The van der Waals surface area contributed by atoms with Crippen molar-refractivity contribution in [2.24, 2.45) is 0 Å². The van der Waals surface area contributed by atoms with Gasteiger partial charge in [-0.2, -0.15) is 4.68 Å². The van der Waals surface area contributed by atoms with Crippen molar-refractivity contribution >= 4 is 11.6 Å². The number of benzene rings is 1. The number of anilines is 1. The number of allylic oxidation sites excluding steroid dienone is 1. The minimum Gasteiger partial charge on any atom is -0.467 e. The van der Waals surface area contributed by atoms with Gasteiger partial charge in [-0.1, -0.05) is 35.4 Å². The summed E-state index contributed by atoms with van der Waals surface area (Å²) >= 11 is 0. The number of hydrogen-bond donors (Lipinski definition) is 1. The summed E-state index contributed by atoms with van der Waals surface area (Å²) in [5.74, 6) is 1.40. The smallest absolute Gasteiger partial charge is 0.248 e. The first-order valence-corrected chi connectivity index (χ1v) is 6.27. The molecule has 1 unspecified atom stereocenters. The summed E-state index contributed by atoms with van der Waals surface area (Å²) < 4.78 is 7.19. The van der Waals surface area contributed by atoms with Crippen molar-refractivity contribution < 1.29 is 4.42 Å². The van der Waals surface area contributed by atoms with Crippen molar-refractivity contribution in [1.82, 2.24) is 20.2 Å². The van der Waals surface area contributed by atoms with E-state index in [4.69, 9.17) is 4.42 Å². The number of nitrogens with one attached hydrogen (secondary N) is 1. The van der Waals surface area contributed by atoms with E-state index in [2.05, 4.69) is 26.9 Å². The number of furan rings is 1. The summed E-state index contributed by atoms with van der Waals surface area (Å²) in [6.07, 6.45) is 3.70. The quantitative estimate of drug-likeness (QED) is 0.770. The molecule has 0 saturated carbocycles. The van der Waals surface area contributed by atoms with Crippen molar-refractivity contribution in [3.8, 4) is 0 Å². The van der Waals surface area contributed by atoms with Crippen molar-refractivity contribution in [2.45, 2.75) is 6.04 Å². The van der Waals surface area contributed by atoms with Crippen LogP contribution in [-0.2, 0) is 0 Å². The Bertz CT molecular complexity index is 745. The predicted molar refractivity (Wildman–Crippen MR) is 72.7 cm³/mol. The van der Waals surface area contributed by atoms with Gasteiger partial charge in [-0.25, -0.2) is 0 Å². The molecule has 6 nitrogen and oxygen atoms in total. The molecule has 0 spiro atoms. The Kier molecular flexibility index (Phi) is 2.38. The fourth-order valence-electron chi connectivity index (χ4n) is 2.30. The van der Waals surface area contributed by atoms with Crippen LogP contribution in [0.15, 0.2) is 59.2 Å². The highest BCUT2D eigenvalue weighted by Crippen LogP contribution is 2.31. The molecule has 4 rings (SSSR count). The SMILES string of the molecule is C1=C(c2ccccc2)Nc2nnnn2C1c1ccco1. The molecule has 1 aliphatic heterocycles. The molecule has 3 heterocycles. The molecule has 0 amide bonds. The third kappa shape index (κ3) is 1.70. The van der Waals surface area contributed by atoms with Gasteiger partial charge < -0.3 is 9.73 Å². The van der Waals surface area contributed by atoms with Gasteiger partial charge in [0.15, 0.2) is 0 Å². The molecule has 0 radical (unpaired) electrons. The average Bonchev–Trinajstić information content (AvgIpc) is 3.18. The Labute approximate surface area is 114 Å². The van der Waals surface area contributed by atoms with Crippen molar-refractivity contribution in [1.29, 1.82) is 0 Å². The van der Waals surface area contributed by atoms with Gasteiger partial charge in [0.05, 0.1) is 6.26 Å². The highest BCUT2D eigenvalue weighted by molar-refractivity contribution is 5.76. The van der Waals surface area contributed by atoms with Crippen LogP contribution in [-0.4, -0.2) is 20.2 Å². The van der Waals surface area contributed by atoms with E-state index in [1.165, 1.54) is 0 Å². The second-order valence-electron chi connectivity index (χ2n) is 4.48. The maximum atomic E-state index is 5.49. The first-order chi connectivity index (χ1) is 9.92. The van der Waals surface area contributed by atoms with Crippen LogP contribution in [0.3, 0.4) is 0 Å². The topological polar surface area (TPSA) is 68.8 Å². The molecule has 3 aromatic rings. The number of rotatable bonds is 2.